The molecule has 98 valence electrons. The zero-order valence-electron chi connectivity index (χ0n) is 10.2. The standard InChI is InChI=1S/C12H13FO5/c1-4-16-7-5-6(13)8-10(9(7)14)17-12(2,3)18-11(8)15/h5,14H,4H2,1-3H3. The van der Waals surface area contributed by atoms with E-state index in [2.05, 4.69) is 0 Å². The van der Waals surface area contributed by atoms with Gasteiger partial charge in [-0.05, 0) is 6.92 Å². The van der Waals surface area contributed by atoms with Gasteiger partial charge in [0.1, 0.15) is 11.4 Å². The second-order valence-corrected chi connectivity index (χ2v) is 4.23. The molecule has 0 amide bonds. The number of fused-ring (bicyclic) bond motifs is 1. The highest BCUT2D eigenvalue weighted by molar-refractivity contribution is 5.95. The Hall–Kier alpha value is -1.98. The van der Waals surface area contributed by atoms with Gasteiger partial charge in [0, 0.05) is 19.9 Å². The van der Waals surface area contributed by atoms with E-state index in [1.165, 1.54) is 13.8 Å². The fourth-order valence-electron chi connectivity index (χ4n) is 1.69. The van der Waals surface area contributed by atoms with E-state index in [0.717, 1.165) is 6.07 Å². The van der Waals surface area contributed by atoms with Gasteiger partial charge in [-0.15, -0.1) is 0 Å². The molecule has 0 unspecified atom stereocenters. The second-order valence-electron chi connectivity index (χ2n) is 4.23. The molecular weight excluding hydrogens is 243 g/mol. The molecule has 5 nitrogen and oxygen atoms in total. The summed E-state index contributed by atoms with van der Waals surface area (Å²) >= 11 is 0. The van der Waals surface area contributed by atoms with Crippen molar-refractivity contribution in [3.63, 3.8) is 0 Å². The van der Waals surface area contributed by atoms with E-state index in [-0.39, 0.29) is 18.1 Å². The second kappa shape index (κ2) is 4.04. The number of aromatic hydroxyl groups is 1. The Kier molecular flexibility index (Phi) is 2.80. The van der Waals surface area contributed by atoms with Gasteiger partial charge >= 0.3 is 5.97 Å². The van der Waals surface area contributed by atoms with Crippen molar-refractivity contribution in [1.82, 2.24) is 0 Å². The minimum absolute atomic E-state index is 0.0701. The Morgan fingerprint density at radius 1 is 1.44 bits per heavy atom. The van der Waals surface area contributed by atoms with Crippen LogP contribution in [-0.4, -0.2) is 23.5 Å². The Morgan fingerprint density at radius 2 is 2.11 bits per heavy atom. The van der Waals surface area contributed by atoms with Crippen molar-refractivity contribution in [3.05, 3.63) is 17.4 Å². The van der Waals surface area contributed by atoms with E-state index < -0.39 is 28.9 Å². The lowest BCUT2D eigenvalue weighted by Crippen LogP contribution is -2.39. The van der Waals surface area contributed by atoms with Crippen LogP contribution in [0.1, 0.15) is 31.1 Å². The van der Waals surface area contributed by atoms with Crippen LogP contribution < -0.4 is 9.47 Å². The van der Waals surface area contributed by atoms with Crippen molar-refractivity contribution >= 4 is 5.97 Å². The quantitative estimate of drug-likeness (QED) is 0.822. The van der Waals surface area contributed by atoms with Crippen LogP contribution in [0.5, 0.6) is 17.2 Å². The van der Waals surface area contributed by atoms with Crippen molar-refractivity contribution in [2.24, 2.45) is 0 Å². The molecule has 0 fully saturated rings. The number of phenols is 1. The average molecular weight is 256 g/mol. The van der Waals surface area contributed by atoms with E-state index in [0.29, 0.717) is 0 Å². The summed E-state index contributed by atoms with van der Waals surface area (Å²) in [7, 11) is 0. The maximum atomic E-state index is 13.8. The number of carbonyl (C=O) groups excluding carboxylic acids is 1. The molecule has 0 aliphatic carbocycles. The van der Waals surface area contributed by atoms with Crippen molar-refractivity contribution in [2.45, 2.75) is 26.6 Å². The minimum atomic E-state index is -1.27. The SMILES string of the molecule is CCOc1cc(F)c2c(c1O)OC(C)(C)OC2=O. The first-order valence-electron chi connectivity index (χ1n) is 5.46. The van der Waals surface area contributed by atoms with Gasteiger partial charge < -0.3 is 19.3 Å². The lowest BCUT2D eigenvalue weighted by atomic mass is 10.1. The van der Waals surface area contributed by atoms with Gasteiger partial charge in [0.05, 0.1) is 6.61 Å². The van der Waals surface area contributed by atoms with Crippen LogP contribution in [-0.2, 0) is 4.74 Å². The lowest BCUT2D eigenvalue weighted by Gasteiger charge is -2.32. The predicted molar refractivity (Wildman–Crippen MR) is 59.4 cm³/mol. The van der Waals surface area contributed by atoms with E-state index in [1.807, 2.05) is 0 Å². The summed E-state index contributed by atoms with van der Waals surface area (Å²) in [5.74, 6) is -3.72. The number of phenolic OH excluding ortho intramolecular Hbond substituents is 1. The fraction of sp³-hybridized carbons (Fsp3) is 0.417. The first kappa shape index (κ1) is 12.5. The molecule has 2 rings (SSSR count). The Morgan fingerprint density at radius 3 is 2.72 bits per heavy atom. The molecule has 0 saturated carbocycles. The van der Waals surface area contributed by atoms with E-state index in [1.54, 1.807) is 6.92 Å². The molecule has 1 aliphatic heterocycles. The molecule has 1 aromatic rings. The van der Waals surface area contributed by atoms with Crippen LogP contribution in [0.15, 0.2) is 6.07 Å². The molecule has 1 N–H and O–H groups in total. The smallest absolute Gasteiger partial charge is 0.348 e. The van der Waals surface area contributed by atoms with Gasteiger partial charge in [-0.3, -0.25) is 0 Å². The normalized spacial score (nSPS) is 16.6. The molecule has 18 heavy (non-hydrogen) atoms. The van der Waals surface area contributed by atoms with Crippen LogP contribution in [0.25, 0.3) is 0 Å². The first-order chi connectivity index (χ1) is 8.35. The Balaban J connectivity index is 2.61. The number of halogens is 1. The number of benzene rings is 1. The number of esters is 1. The summed E-state index contributed by atoms with van der Waals surface area (Å²) in [6, 6.07) is 0.931. The highest BCUT2D eigenvalue weighted by atomic mass is 19.1. The molecule has 0 aromatic heterocycles. The van der Waals surface area contributed by atoms with Crippen LogP contribution in [0.4, 0.5) is 4.39 Å². The minimum Gasteiger partial charge on any atom is -0.502 e. The lowest BCUT2D eigenvalue weighted by molar-refractivity contribution is -0.129. The summed E-state index contributed by atoms with van der Waals surface area (Å²) < 4.78 is 29.0. The molecule has 6 heteroatoms. The van der Waals surface area contributed by atoms with Gasteiger partial charge in [0.25, 0.3) is 0 Å². The number of ether oxygens (including phenoxy) is 3. The molecule has 0 saturated heterocycles. The van der Waals surface area contributed by atoms with Crippen LogP contribution in [0.2, 0.25) is 0 Å². The monoisotopic (exact) mass is 256 g/mol. The predicted octanol–water partition coefficient (Wildman–Crippen LogP) is 2.22. The van der Waals surface area contributed by atoms with Gasteiger partial charge in [-0.2, -0.15) is 0 Å². The van der Waals surface area contributed by atoms with E-state index in [4.69, 9.17) is 14.2 Å². The van der Waals surface area contributed by atoms with E-state index >= 15 is 0 Å². The maximum absolute atomic E-state index is 13.8. The van der Waals surface area contributed by atoms with Gasteiger partial charge in [-0.1, -0.05) is 0 Å². The topological polar surface area (TPSA) is 65.0 Å². The Labute approximate surface area is 103 Å². The van der Waals surface area contributed by atoms with Crippen LogP contribution in [0, 0.1) is 5.82 Å². The Bertz CT molecular complexity index is 510. The van der Waals surface area contributed by atoms with Crippen LogP contribution >= 0.6 is 0 Å². The summed E-state index contributed by atoms with van der Waals surface area (Å²) in [6.07, 6.45) is 0. The highest BCUT2D eigenvalue weighted by Gasteiger charge is 2.39. The van der Waals surface area contributed by atoms with Crippen molar-refractivity contribution in [2.75, 3.05) is 6.61 Å². The molecule has 1 aliphatic rings. The average Bonchev–Trinajstić information content (AvgIpc) is 2.23. The third kappa shape index (κ3) is 1.94. The van der Waals surface area contributed by atoms with Crippen LogP contribution in [0.3, 0.4) is 0 Å². The number of hydrogen-bond donors (Lipinski definition) is 1. The third-order valence-electron chi connectivity index (χ3n) is 2.36. The summed E-state index contributed by atoms with van der Waals surface area (Å²) in [5, 5.41) is 9.92. The zero-order chi connectivity index (χ0) is 13.5. The maximum Gasteiger partial charge on any atom is 0.348 e. The summed E-state index contributed by atoms with van der Waals surface area (Å²) in [5.41, 5.74) is -0.421. The largest absolute Gasteiger partial charge is 0.502 e. The number of hydrogen-bond acceptors (Lipinski definition) is 5. The molecule has 0 atom stereocenters. The fourth-order valence-corrected chi connectivity index (χ4v) is 1.69. The van der Waals surface area contributed by atoms with Crippen molar-refractivity contribution in [3.8, 4) is 17.2 Å². The molecule has 0 spiro atoms. The van der Waals surface area contributed by atoms with Gasteiger partial charge in [0.15, 0.2) is 11.5 Å². The highest BCUT2D eigenvalue weighted by Crippen LogP contribution is 2.45. The van der Waals surface area contributed by atoms with Crippen molar-refractivity contribution < 1.29 is 28.5 Å². The number of carbonyl (C=O) groups is 1. The van der Waals surface area contributed by atoms with Gasteiger partial charge in [0.2, 0.25) is 11.5 Å². The number of cyclic esters (lactones) is 1. The zero-order valence-corrected chi connectivity index (χ0v) is 10.2. The summed E-state index contributed by atoms with van der Waals surface area (Å²) in [4.78, 5) is 11.6. The van der Waals surface area contributed by atoms with Gasteiger partial charge in [-0.25, -0.2) is 9.18 Å². The summed E-state index contributed by atoms with van der Waals surface area (Å²) in [6.45, 7) is 4.91. The molecule has 1 aromatic carbocycles. The third-order valence-corrected chi connectivity index (χ3v) is 2.36. The molecule has 0 radical (unpaired) electrons. The molecular formula is C12H13FO5. The molecule has 0 bridgehead atoms. The molecule has 1 heterocycles. The van der Waals surface area contributed by atoms with E-state index in [9.17, 15) is 14.3 Å². The first-order valence-corrected chi connectivity index (χ1v) is 5.46. The number of rotatable bonds is 2. The van der Waals surface area contributed by atoms with Crippen molar-refractivity contribution in [1.29, 1.82) is 0 Å².